The molecule has 3 fully saturated rings. The Bertz CT molecular complexity index is 910. The van der Waals surface area contributed by atoms with Crippen molar-refractivity contribution < 1.29 is 13.2 Å². The van der Waals surface area contributed by atoms with E-state index in [0.29, 0.717) is 55.0 Å². The molecule has 3 aliphatic rings. The first-order valence-corrected chi connectivity index (χ1v) is 12.1. The molecule has 1 aromatic rings. The third kappa shape index (κ3) is 3.08. The van der Waals surface area contributed by atoms with E-state index in [2.05, 4.69) is 18.7 Å². The quantitative estimate of drug-likeness (QED) is 0.707. The van der Waals surface area contributed by atoms with Gasteiger partial charge in [0.15, 0.2) is 0 Å². The predicted octanol–water partition coefficient (Wildman–Crippen LogP) is 3.84. The van der Waals surface area contributed by atoms with Crippen LogP contribution in [0, 0.1) is 16.7 Å². The van der Waals surface area contributed by atoms with E-state index in [1.165, 1.54) is 0 Å². The van der Waals surface area contributed by atoms with Crippen LogP contribution in [0.5, 0.6) is 0 Å². The molecular formula is C20H26Cl2N2O3S. The fourth-order valence-electron chi connectivity index (χ4n) is 5.45. The summed E-state index contributed by atoms with van der Waals surface area (Å²) in [5.74, 6) is 0.402. The van der Waals surface area contributed by atoms with E-state index in [1.807, 2.05) is 6.07 Å². The monoisotopic (exact) mass is 444 g/mol. The molecule has 2 bridgehead atoms. The lowest BCUT2D eigenvalue weighted by atomic mass is 9.70. The van der Waals surface area contributed by atoms with Crippen LogP contribution in [0.1, 0.15) is 33.1 Å². The number of anilines is 1. The Morgan fingerprint density at radius 1 is 1.14 bits per heavy atom. The minimum Gasteiger partial charge on any atom is -0.368 e. The van der Waals surface area contributed by atoms with Gasteiger partial charge >= 0.3 is 0 Å². The van der Waals surface area contributed by atoms with Gasteiger partial charge in [-0.2, -0.15) is 4.31 Å². The Morgan fingerprint density at radius 3 is 2.39 bits per heavy atom. The van der Waals surface area contributed by atoms with Crippen LogP contribution >= 0.6 is 23.2 Å². The lowest BCUT2D eigenvalue weighted by Gasteiger charge is -2.40. The highest BCUT2D eigenvalue weighted by Crippen LogP contribution is 2.64. The fourth-order valence-corrected chi connectivity index (χ4v) is 8.05. The molecule has 2 atom stereocenters. The second kappa shape index (κ2) is 6.86. The van der Waals surface area contributed by atoms with Crippen molar-refractivity contribution in [2.45, 2.75) is 33.1 Å². The first kappa shape index (κ1) is 20.5. The summed E-state index contributed by atoms with van der Waals surface area (Å²) in [6.45, 7) is 6.02. The molecule has 0 radical (unpaired) electrons. The van der Waals surface area contributed by atoms with Crippen molar-refractivity contribution in [3.05, 3.63) is 28.2 Å². The molecular weight excluding hydrogens is 419 g/mol. The van der Waals surface area contributed by atoms with Gasteiger partial charge in [0.05, 0.1) is 16.5 Å². The van der Waals surface area contributed by atoms with Crippen LogP contribution in [0.3, 0.4) is 0 Å². The smallest absolute Gasteiger partial charge is 0.215 e. The Morgan fingerprint density at radius 2 is 1.82 bits per heavy atom. The number of carbonyl (C=O) groups is 1. The summed E-state index contributed by atoms with van der Waals surface area (Å²) in [7, 11) is -3.51. The van der Waals surface area contributed by atoms with Crippen molar-refractivity contribution in [2.75, 3.05) is 36.8 Å². The average molecular weight is 445 g/mol. The van der Waals surface area contributed by atoms with Gasteiger partial charge in [-0.15, -0.1) is 0 Å². The number of fused-ring (bicyclic) bond motifs is 2. The van der Waals surface area contributed by atoms with E-state index < -0.39 is 15.4 Å². The summed E-state index contributed by atoms with van der Waals surface area (Å²) < 4.78 is 28.0. The van der Waals surface area contributed by atoms with Crippen molar-refractivity contribution in [2.24, 2.45) is 16.7 Å². The number of rotatable bonds is 4. The SMILES string of the molecule is CC1(C)[C@@H]2CC[C@@]1(CS(=O)(=O)N1CCN(c3cc(Cl)ccc3Cl)CC1)C(=O)C2. The third-order valence-corrected chi connectivity index (χ3v) is 10.0. The van der Waals surface area contributed by atoms with Gasteiger partial charge in [-0.3, -0.25) is 4.79 Å². The van der Waals surface area contributed by atoms with Gasteiger partial charge in [0.25, 0.3) is 0 Å². The fraction of sp³-hybridized carbons (Fsp3) is 0.650. The van der Waals surface area contributed by atoms with Gasteiger partial charge < -0.3 is 4.90 Å². The molecule has 0 unspecified atom stereocenters. The van der Waals surface area contributed by atoms with Gasteiger partial charge in [-0.1, -0.05) is 37.0 Å². The Balaban J connectivity index is 1.49. The van der Waals surface area contributed by atoms with Gasteiger partial charge in [-0.25, -0.2) is 8.42 Å². The average Bonchev–Trinajstić information content (AvgIpc) is 2.98. The molecule has 5 nitrogen and oxygen atoms in total. The van der Waals surface area contributed by atoms with Gasteiger partial charge in [0, 0.05) is 43.0 Å². The first-order valence-electron chi connectivity index (χ1n) is 9.78. The van der Waals surface area contributed by atoms with Crippen LogP contribution in [0.4, 0.5) is 5.69 Å². The van der Waals surface area contributed by atoms with Gasteiger partial charge in [0.1, 0.15) is 5.78 Å². The second-order valence-electron chi connectivity index (χ2n) is 8.90. The maximum absolute atomic E-state index is 13.2. The van der Waals surface area contributed by atoms with Crippen molar-refractivity contribution in [1.82, 2.24) is 4.31 Å². The summed E-state index contributed by atoms with van der Waals surface area (Å²) in [5.41, 5.74) is -0.132. The van der Waals surface area contributed by atoms with E-state index >= 15 is 0 Å². The summed E-state index contributed by atoms with van der Waals surface area (Å²) in [5, 5.41) is 1.21. The second-order valence-corrected chi connectivity index (χ2v) is 11.7. The molecule has 4 rings (SSSR count). The van der Waals surface area contributed by atoms with E-state index in [0.717, 1.165) is 12.1 Å². The number of halogens is 2. The molecule has 0 N–H and O–H groups in total. The predicted molar refractivity (Wildman–Crippen MR) is 113 cm³/mol. The normalized spacial score (nSPS) is 30.2. The molecule has 2 saturated carbocycles. The molecule has 1 aromatic carbocycles. The Labute approximate surface area is 177 Å². The largest absolute Gasteiger partial charge is 0.368 e. The molecule has 28 heavy (non-hydrogen) atoms. The van der Waals surface area contributed by atoms with Crippen molar-refractivity contribution in [3.8, 4) is 0 Å². The van der Waals surface area contributed by atoms with Crippen molar-refractivity contribution in [1.29, 1.82) is 0 Å². The van der Waals surface area contributed by atoms with Crippen LogP contribution in [-0.2, 0) is 14.8 Å². The van der Waals surface area contributed by atoms with Crippen LogP contribution < -0.4 is 4.90 Å². The molecule has 1 saturated heterocycles. The Hall–Kier alpha value is -0.820. The maximum atomic E-state index is 13.2. The van der Waals surface area contributed by atoms with Crippen LogP contribution in [0.2, 0.25) is 10.0 Å². The number of hydrogen-bond acceptors (Lipinski definition) is 4. The summed E-state index contributed by atoms with van der Waals surface area (Å²) >= 11 is 12.4. The number of sulfonamides is 1. The molecule has 154 valence electrons. The van der Waals surface area contributed by atoms with E-state index in [9.17, 15) is 13.2 Å². The lowest BCUT2D eigenvalue weighted by molar-refractivity contribution is -0.128. The minimum atomic E-state index is -3.51. The Kier molecular flexibility index (Phi) is 5.01. The zero-order valence-corrected chi connectivity index (χ0v) is 18.6. The van der Waals surface area contributed by atoms with Gasteiger partial charge in [-0.05, 0) is 42.4 Å². The molecule has 2 aliphatic carbocycles. The first-order chi connectivity index (χ1) is 13.1. The summed E-state index contributed by atoms with van der Waals surface area (Å²) in [4.78, 5) is 14.8. The highest BCUT2D eigenvalue weighted by Gasteiger charge is 2.65. The number of carbonyl (C=O) groups excluding carboxylic acids is 1. The number of benzene rings is 1. The third-order valence-electron chi connectivity index (χ3n) is 7.45. The molecule has 8 heteroatoms. The van der Waals surface area contributed by atoms with Crippen molar-refractivity contribution >= 4 is 44.7 Å². The number of nitrogens with zero attached hydrogens (tertiary/aromatic N) is 2. The van der Waals surface area contributed by atoms with Crippen LogP contribution in [0.25, 0.3) is 0 Å². The zero-order valence-electron chi connectivity index (χ0n) is 16.2. The molecule has 0 aromatic heterocycles. The number of Topliss-reactive ketones (excluding diaryl/α,β-unsaturated/α-hetero) is 1. The van der Waals surface area contributed by atoms with Crippen LogP contribution in [0.15, 0.2) is 18.2 Å². The van der Waals surface area contributed by atoms with E-state index in [-0.39, 0.29) is 17.0 Å². The maximum Gasteiger partial charge on any atom is 0.215 e. The number of hydrogen-bond donors (Lipinski definition) is 0. The van der Waals surface area contributed by atoms with Crippen molar-refractivity contribution in [3.63, 3.8) is 0 Å². The molecule has 0 amide bonds. The molecule has 1 heterocycles. The minimum absolute atomic E-state index is 0.0553. The van der Waals surface area contributed by atoms with E-state index in [1.54, 1.807) is 16.4 Å². The highest BCUT2D eigenvalue weighted by atomic mass is 35.5. The standard InChI is InChI=1S/C20H26Cl2N2O3S/c1-19(2)14-5-6-20(19,18(25)11-14)13-28(26,27)24-9-7-23(8-10-24)17-12-15(21)3-4-16(17)22/h3-4,12,14H,5-11,13H2,1-2H3/t14-,20-/m1/s1. The van der Waals surface area contributed by atoms with Gasteiger partial charge in [0.2, 0.25) is 10.0 Å². The van der Waals surface area contributed by atoms with E-state index in [4.69, 9.17) is 23.2 Å². The number of piperazine rings is 1. The molecule has 0 spiro atoms. The summed E-state index contributed by atoms with van der Waals surface area (Å²) in [6, 6.07) is 5.31. The zero-order chi connectivity index (χ0) is 20.3. The number of ketones is 1. The molecule has 1 aliphatic heterocycles. The highest BCUT2D eigenvalue weighted by molar-refractivity contribution is 7.89. The lowest BCUT2D eigenvalue weighted by Crippen LogP contribution is -2.52. The summed E-state index contributed by atoms with van der Waals surface area (Å²) in [6.07, 6.45) is 2.18. The topological polar surface area (TPSA) is 57.7 Å². The van der Waals surface area contributed by atoms with Crippen LogP contribution in [-0.4, -0.2) is 50.4 Å².